The topological polar surface area (TPSA) is 33.2 Å². The molecule has 1 amide bonds. The van der Waals surface area contributed by atoms with E-state index in [0.717, 1.165) is 32.0 Å². The van der Waals surface area contributed by atoms with Gasteiger partial charge in [-0.25, -0.2) is 4.98 Å². The Kier molecular flexibility index (Phi) is 5.76. The van der Waals surface area contributed by atoms with Gasteiger partial charge in [-0.1, -0.05) is 90.2 Å². The molecule has 0 spiro atoms. The third-order valence-corrected chi connectivity index (χ3v) is 6.94. The number of aromatic nitrogens is 1. The van der Waals surface area contributed by atoms with E-state index in [0.29, 0.717) is 12.1 Å². The molecule has 0 unspecified atom stereocenters. The lowest BCUT2D eigenvalue weighted by Gasteiger charge is -2.20. The molecule has 5 rings (SSSR count). The van der Waals surface area contributed by atoms with Gasteiger partial charge in [0.05, 0.1) is 16.8 Å². The Labute approximate surface area is 198 Å². The second-order valence-electron chi connectivity index (χ2n) is 8.25. The van der Waals surface area contributed by atoms with Crippen molar-refractivity contribution >= 4 is 32.6 Å². The number of hydrogen-bond acceptors (Lipinski definition) is 3. The van der Waals surface area contributed by atoms with Crippen LogP contribution in [0.3, 0.4) is 0 Å². The molecular formula is C29H24N2OS. The van der Waals surface area contributed by atoms with Crippen LogP contribution < -0.4 is 4.90 Å². The fraction of sp³-hybridized carbons (Fsp3) is 0.103. The van der Waals surface area contributed by atoms with Gasteiger partial charge >= 0.3 is 0 Å². The van der Waals surface area contributed by atoms with Gasteiger partial charge in [-0.3, -0.25) is 9.69 Å². The van der Waals surface area contributed by atoms with Gasteiger partial charge in [0.15, 0.2) is 5.13 Å². The molecule has 4 heteroatoms. The number of hydrogen-bond donors (Lipinski definition) is 0. The minimum atomic E-state index is -0.0492. The molecule has 0 saturated carbocycles. The molecular weight excluding hydrogens is 424 g/mol. The van der Waals surface area contributed by atoms with Crippen molar-refractivity contribution < 1.29 is 4.79 Å². The van der Waals surface area contributed by atoms with Crippen LogP contribution >= 0.6 is 11.3 Å². The molecule has 0 atom stereocenters. The summed E-state index contributed by atoms with van der Waals surface area (Å²) in [4.78, 5) is 20.4. The summed E-state index contributed by atoms with van der Waals surface area (Å²) in [5.74, 6) is -0.0492. The fourth-order valence-electron chi connectivity index (χ4n) is 4.06. The molecule has 0 aliphatic rings. The number of fused-ring (bicyclic) bond motifs is 1. The number of benzene rings is 4. The Morgan fingerprint density at radius 2 is 1.45 bits per heavy atom. The molecule has 0 bridgehead atoms. The van der Waals surface area contributed by atoms with E-state index in [9.17, 15) is 4.79 Å². The molecule has 3 nitrogen and oxygen atoms in total. The SMILES string of the molecule is Cc1cc(C)c2sc(N(Cc3ccccc3)C(=O)c3ccc(-c4ccccc4)cc3)nc2c1. The standard InChI is InChI=1S/C29H24N2OS/c1-20-17-21(2)27-26(18-20)30-29(33-27)31(19-22-9-5-3-6-10-22)28(32)25-15-13-24(14-16-25)23-11-7-4-8-12-23/h3-18H,19H2,1-2H3. The first-order chi connectivity index (χ1) is 16.1. The summed E-state index contributed by atoms with van der Waals surface area (Å²) in [6, 6.07) is 32.3. The van der Waals surface area contributed by atoms with Crippen molar-refractivity contribution in [2.45, 2.75) is 20.4 Å². The summed E-state index contributed by atoms with van der Waals surface area (Å²) >= 11 is 1.58. The zero-order valence-electron chi connectivity index (χ0n) is 18.7. The van der Waals surface area contributed by atoms with Crippen LogP contribution in [-0.4, -0.2) is 10.9 Å². The van der Waals surface area contributed by atoms with Crippen LogP contribution in [0.1, 0.15) is 27.0 Å². The highest BCUT2D eigenvalue weighted by atomic mass is 32.1. The third-order valence-electron chi connectivity index (χ3n) is 5.71. The first-order valence-corrected chi connectivity index (χ1v) is 11.8. The molecule has 0 fully saturated rings. The number of carbonyl (C=O) groups excluding carboxylic acids is 1. The largest absolute Gasteiger partial charge is 0.279 e. The summed E-state index contributed by atoms with van der Waals surface area (Å²) < 4.78 is 1.13. The number of thiazole rings is 1. The number of aryl methyl sites for hydroxylation is 2. The summed E-state index contributed by atoms with van der Waals surface area (Å²) in [5, 5.41) is 0.722. The molecule has 1 aromatic heterocycles. The van der Waals surface area contributed by atoms with Gasteiger partial charge in [0.2, 0.25) is 0 Å². The highest BCUT2D eigenvalue weighted by molar-refractivity contribution is 7.22. The van der Waals surface area contributed by atoms with E-state index in [1.807, 2.05) is 72.8 Å². The molecule has 0 radical (unpaired) electrons. The predicted octanol–water partition coefficient (Wildman–Crippen LogP) is 7.43. The number of nitrogens with zero attached hydrogens (tertiary/aromatic N) is 2. The number of carbonyl (C=O) groups is 1. The average molecular weight is 449 g/mol. The minimum Gasteiger partial charge on any atom is -0.279 e. The number of anilines is 1. The Balaban J connectivity index is 1.53. The lowest BCUT2D eigenvalue weighted by atomic mass is 10.0. The molecule has 4 aromatic carbocycles. The molecule has 162 valence electrons. The second kappa shape index (κ2) is 9.00. The zero-order chi connectivity index (χ0) is 22.8. The monoisotopic (exact) mass is 448 g/mol. The van der Waals surface area contributed by atoms with E-state index < -0.39 is 0 Å². The fourth-order valence-corrected chi connectivity index (χ4v) is 5.08. The van der Waals surface area contributed by atoms with Crippen molar-refractivity contribution in [1.82, 2.24) is 4.98 Å². The first-order valence-electron chi connectivity index (χ1n) is 11.0. The second-order valence-corrected chi connectivity index (χ2v) is 9.22. The Bertz CT molecular complexity index is 1410. The quantitative estimate of drug-likeness (QED) is 0.280. The molecule has 0 N–H and O–H groups in total. The lowest BCUT2D eigenvalue weighted by molar-refractivity contribution is 0.0985. The molecule has 1 heterocycles. The van der Waals surface area contributed by atoms with Crippen molar-refractivity contribution in [3.8, 4) is 11.1 Å². The van der Waals surface area contributed by atoms with Crippen LogP contribution in [0.5, 0.6) is 0 Å². The van der Waals surface area contributed by atoms with E-state index in [1.54, 1.807) is 16.2 Å². The van der Waals surface area contributed by atoms with Gasteiger partial charge in [-0.05, 0) is 59.9 Å². The Hall–Kier alpha value is -3.76. The summed E-state index contributed by atoms with van der Waals surface area (Å²) in [5.41, 5.74) is 7.25. The highest BCUT2D eigenvalue weighted by Gasteiger charge is 2.22. The van der Waals surface area contributed by atoms with E-state index in [1.165, 1.54) is 11.1 Å². The molecule has 0 aliphatic carbocycles. The lowest BCUT2D eigenvalue weighted by Crippen LogP contribution is -2.30. The van der Waals surface area contributed by atoms with Gasteiger partial charge < -0.3 is 0 Å². The number of amides is 1. The van der Waals surface area contributed by atoms with Gasteiger partial charge in [-0.15, -0.1) is 0 Å². The van der Waals surface area contributed by atoms with Crippen LogP contribution in [0.25, 0.3) is 21.3 Å². The van der Waals surface area contributed by atoms with Crippen LogP contribution in [0.2, 0.25) is 0 Å². The smallest absolute Gasteiger partial charge is 0.260 e. The average Bonchev–Trinajstić information content (AvgIpc) is 3.27. The maximum atomic E-state index is 13.7. The minimum absolute atomic E-state index is 0.0492. The van der Waals surface area contributed by atoms with Crippen LogP contribution in [0.4, 0.5) is 5.13 Å². The van der Waals surface area contributed by atoms with Gasteiger partial charge in [-0.2, -0.15) is 0 Å². The molecule has 0 saturated heterocycles. The predicted molar refractivity (Wildman–Crippen MR) is 138 cm³/mol. The third kappa shape index (κ3) is 4.43. The summed E-state index contributed by atoms with van der Waals surface area (Å²) in [7, 11) is 0. The van der Waals surface area contributed by atoms with Crippen molar-refractivity contribution in [3.05, 3.63) is 119 Å². The number of rotatable bonds is 5. The Morgan fingerprint density at radius 1 is 0.818 bits per heavy atom. The first kappa shape index (κ1) is 21.1. The molecule has 5 aromatic rings. The van der Waals surface area contributed by atoms with Gasteiger partial charge in [0.1, 0.15) is 0 Å². The maximum Gasteiger partial charge on any atom is 0.260 e. The van der Waals surface area contributed by atoms with Crippen molar-refractivity contribution in [2.24, 2.45) is 0 Å². The summed E-state index contributed by atoms with van der Waals surface area (Å²) in [6.07, 6.45) is 0. The van der Waals surface area contributed by atoms with Crippen LogP contribution in [0.15, 0.2) is 97.1 Å². The molecule has 33 heavy (non-hydrogen) atoms. The van der Waals surface area contributed by atoms with E-state index >= 15 is 0 Å². The van der Waals surface area contributed by atoms with Crippen molar-refractivity contribution in [1.29, 1.82) is 0 Å². The Morgan fingerprint density at radius 3 is 2.15 bits per heavy atom. The summed E-state index contributed by atoms with van der Waals surface area (Å²) in [6.45, 7) is 4.65. The van der Waals surface area contributed by atoms with Crippen LogP contribution in [-0.2, 0) is 6.54 Å². The molecule has 0 aliphatic heterocycles. The normalized spacial score (nSPS) is 11.0. The van der Waals surface area contributed by atoms with Crippen LogP contribution in [0, 0.1) is 13.8 Å². The van der Waals surface area contributed by atoms with Crippen molar-refractivity contribution in [3.63, 3.8) is 0 Å². The van der Waals surface area contributed by atoms with Crippen molar-refractivity contribution in [2.75, 3.05) is 4.90 Å². The van der Waals surface area contributed by atoms with Gasteiger partial charge in [0.25, 0.3) is 5.91 Å². The zero-order valence-corrected chi connectivity index (χ0v) is 19.5. The van der Waals surface area contributed by atoms with E-state index in [2.05, 4.69) is 38.1 Å². The van der Waals surface area contributed by atoms with E-state index in [-0.39, 0.29) is 5.91 Å². The van der Waals surface area contributed by atoms with E-state index in [4.69, 9.17) is 4.98 Å². The maximum absolute atomic E-state index is 13.7. The van der Waals surface area contributed by atoms with Gasteiger partial charge in [0, 0.05) is 5.56 Å². The highest BCUT2D eigenvalue weighted by Crippen LogP contribution is 2.34.